The Morgan fingerprint density at radius 3 is 2.32 bits per heavy atom. The minimum Gasteiger partial charge on any atom is -0.452 e. The standard InChI is InChI=1S/C27H25FN5O7P/c1-37-41(36,38-2)14-13-19-22(40-27(35)18-11-7-4-8-12-18)20(28)26(39-19)33-16-31-21-23(29-15-30-24(21)33)32-25(34)17-9-5-3-6-10-17/h3-16,19-20,22,26H,1-2H3,(H,29,30,32,34)/b14-13+/t19-,20-,22-,26-/m1/s1. The number of nitrogens with zero attached hydrogens (tertiary/aromatic N) is 4. The summed E-state index contributed by atoms with van der Waals surface area (Å²) in [5, 5.41) is 2.69. The van der Waals surface area contributed by atoms with Gasteiger partial charge in [0.05, 0.1) is 11.9 Å². The number of anilines is 1. The van der Waals surface area contributed by atoms with Gasteiger partial charge in [-0.05, 0) is 30.3 Å². The van der Waals surface area contributed by atoms with Crippen LogP contribution in [-0.2, 0) is 23.1 Å². The topological polar surface area (TPSA) is 144 Å². The minimum atomic E-state index is -3.64. The number of hydrogen-bond donors (Lipinski definition) is 1. The third-order valence-corrected chi connectivity index (χ3v) is 7.88. The summed E-state index contributed by atoms with van der Waals surface area (Å²) in [6, 6.07) is 16.6. The maximum Gasteiger partial charge on any atom is 0.353 e. The van der Waals surface area contributed by atoms with Crippen LogP contribution in [0.2, 0.25) is 0 Å². The van der Waals surface area contributed by atoms with Gasteiger partial charge in [-0.2, -0.15) is 0 Å². The molecule has 14 heteroatoms. The van der Waals surface area contributed by atoms with Crippen molar-refractivity contribution < 1.29 is 37.1 Å². The van der Waals surface area contributed by atoms with Crippen molar-refractivity contribution in [2.24, 2.45) is 0 Å². The lowest BCUT2D eigenvalue weighted by Gasteiger charge is -2.18. The Balaban J connectivity index is 1.45. The number of nitrogens with one attached hydrogen (secondary N) is 1. The van der Waals surface area contributed by atoms with E-state index in [2.05, 4.69) is 20.3 Å². The van der Waals surface area contributed by atoms with E-state index in [0.717, 1.165) is 5.82 Å². The van der Waals surface area contributed by atoms with Crippen LogP contribution in [0.3, 0.4) is 0 Å². The molecule has 41 heavy (non-hydrogen) atoms. The molecular weight excluding hydrogens is 556 g/mol. The molecule has 1 N–H and O–H groups in total. The Morgan fingerprint density at radius 1 is 1.00 bits per heavy atom. The molecule has 1 aliphatic heterocycles. The van der Waals surface area contributed by atoms with Crippen molar-refractivity contribution in [2.75, 3.05) is 19.5 Å². The third kappa shape index (κ3) is 5.93. The van der Waals surface area contributed by atoms with Gasteiger partial charge in [0.1, 0.15) is 12.4 Å². The van der Waals surface area contributed by atoms with Crippen LogP contribution in [0.5, 0.6) is 0 Å². The number of amides is 1. The molecule has 4 atom stereocenters. The van der Waals surface area contributed by atoms with Crippen LogP contribution in [0.15, 0.2) is 85.2 Å². The van der Waals surface area contributed by atoms with Crippen LogP contribution in [-0.4, -0.2) is 64.0 Å². The lowest BCUT2D eigenvalue weighted by atomic mass is 10.1. The molecule has 212 valence electrons. The zero-order valence-corrected chi connectivity index (χ0v) is 22.8. The molecule has 1 aliphatic rings. The van der Waals surface area contributed by atoms with Gasteiger partial charge in [-0.3, -0.25) is 13.9 Å². The van der Waals surface area contributed by atoms with E-state index in [0.29, 0.717) is 5.56 Å². The van der Waals surface area contributed by atoms with Gasteiger partial charge in [-0.1, -0.05) is 36.4 Å². The summed E-state index contributed by atoms with van der Waals surface area (Å²) >= 11 is 0. The Morgan fingerprint density at radius 2 is 1.66 bits per heavy atom. The zero-order chi connectivity index (χ0) is 29.0. The number of alkyl halides is 1. The molecule has 2 aromatic heterocycles. The number of ether oxygens (including phenoxy) is 2. The van der Waals surface area contributed by atoms with Crippen molar-refractivity contribution >= 4 is 36.5 Å². The lowest BCUT2D eigenvalue weighted by molar-refractivity contribution is -0.00671. The molecule has 0 spiro atoms. The number of fused-ring (bicyclic) bond motifs is 1. The fraction of sp³-hybridized carbons (Fsp3) is 0.222. The molecule has 3 heterocycles. The highest BCUT2D eigenvalue weighted by atomic mass is 31.2. The van der Waals surface area contributed by atoms with Crippen LogP contribution in [0.25, 0.3) is 11.2 Å². The lowest BCUT2D eigenvalue weighted by Crippen LogP contribution is -2.33. The first-order valence-corrected chi connectivity index (χ1v) is 13.9. The summed E-state index contributed by atoms with van der Waals surface area (Å²) in [7, 11) is -1.24. The van der Waals surface area contributed by atoms with Crippen molar-refractivity contribution in [3.63, 3.8) is 0 Å². The van der Waals surface area contributed by atoms with Gasteiger partial charge in [0.15, 0.2) is 35.5 Å². The average Bonchev–Trinajstić information content (AvgIpc) is 3.58. The molecule has 0 unspecified atom stereocenters. The number of carbonyl (C=O) groups excluding carboxylic acids is 2. The number of hydrogen-bond acceptors (Lipinski definition) is 10. The number of carbonyl (C=O) groups is 2. The van der Waals surface area contributed by atoms with Crippen LogP contribution in [0, 0.1) is 0 Å². The summed E-state index contributed by atoms with van der Waals surface area (Å²) < 4.78 is 51.3. The van der Waals surface area contributed by atoms with Gasteiger partial charge < -0.3 is 23.8 Å². The summed E-state index contributed by atoms with van der Waals surface area (Å²) in [4.78, 5) is 38.1. The summed E-state index contributed by atoms with van der Waals surface area (Å²) in [5.41, 5.74) is 0.967. The number of rotatable bonds is 9. The van der Waals surface area contributed by atoms with E-state index in [4.69, 9.17) is 18.5 Å². The zero-order valence-electron chi connectivity index (χ0n) is 21.9. The molecule has 0 bridgehead atoms. The van der Waals surface area contributed by atoms with E-state index >= 15 is 4.39 Å². The molecule has 1 fully saturated rings. The van der Waals surface area contributed by atoms with E-state index in [1.165, 1.54) is 49.7 Å². The number of esters is 1. The van der Waals surface area contributed by atoms with E-state index in [9.17, 15) is 14.2 Å². The predicted octanol–water partition coefficient (Wildman–Crippen LogP) is 4.54. The fourth-order valence-electron chi connectivity index (χ4n) is 4.21. The summed E-state index contributed by atoms with van der Waals surface area (Å²) in [6.07, 6.45) is -2.15. The second-order valence-electron chi connectivity index (χ2n) is 8.78. The molecule has 5 rings (SSSR count). The molecular formula is C27H25FN5O7P. The van der Waals surface area contributed by atoms with Crippen molar-refractivity contribution in [3.8, 4) is 0 Å². The monoisotopic (exact) mass is 581 g/mol. The number of aromatic nitrogens is 4. The van der Waals surface area contributed by atoms with E-state index < -0.39 is 44.1 Å². The Labute approximate surface area is 233 Å². The van der Waals surface area contributed by atoms with Gasteiger partial charge in [-0.25, -0.2) is 24.1 Å². The van der Waals surface area contributed by atoms with Gasteiger partial charge in [0.2, 0.25) is 0 Å². The number of benzene rings is 2. The largest absolute Gasteiger partial charge is 0.452 e. The molecule has 12 nitrogen and oxygen atoms in total. The molecule has 4 aromatic rings. The van der Waals surface area contributed by atoms with Crippen LogP contribution in [0.4, 0.5) is 10.2 Å². The Kier molecular flexibility index (Phi) is 8.31. The molecule has 0 radical (unpaired) electrons. The first-order valence-electron chi connectivity index (χ1n) is 12.3. The van der Waals surface area contributed by atoms with Gasteiger partial charge in [-0.15, -0.1) is 0 Å². The number of halogens is 1. The van der Waals surface area contributed by atoms with Gasteiger partial charge in [0, 0.05) is 25.6 Å². The molecule has 0 saturated carbocycles. The highest BCUT2D eigenvalue weighted by molar-refractivity contribution is 7.57. The third-order valence-electron chi connectivity index (χ3n) is 6.33. The molecule has 1 saturated heterocycles. The summed E-state index contributed by atoms with van der Waals surface area (Å²) in [6.45, 7) is 0. The van der Waals surface area contributed by atoms with Crippen molar-refractivity contribution in [1.82, 2.24) is 19.5 Å². The number of imidazole rings is 1. The quantitative estimate of drug-likeness (QED) is 0.221. The molecule has 2 aromatic carbocycles. The summed E-state index contributed by atoms with van der Waals surface area (Å²) in [5.74, 6) is 0.0352. The van der Waals surface area contributed by atoms with Crippen molar-refractivity contribution in [1.29, 1.82) is 0 Å². The van der Waals surface area contributed by atoms with Gasteiger partial charge >= 0.3 is 13.6 Å². The molecule has 1 amide bonds. The highest BCUT2D eigenvalue weighted by Gasteiger charge is 2.48. The Hall–Kier alpha value is -4.29. The van der Waals surface area contributed by atoms with Crippen LogP contribution in [0.1, 0.15) is 26.9 Å². The maximum atomic E-state index is 16.1. The second kappa shape index (κ2) is 12.1. The smallest absolute Gasteiger partial charge is 0.353 e. The van der Waals surface area contributed by atoms with Crippen LogP contribution < -0.4 is 5.32 Å². The van der Waals surface area contributed by atoms with Gasteiger partial charge in [0.25, 0.3) is 5.91 Å². The Bertz CT molecular complexity index is 1610. The first-order chi connectivity index (χ1) is 19.8. The van der Waals surface area contributed by atoms with Crippen molar-refractivity contribution in [2.45, 2.75) is 24.6 Å². The highest BCUT2D eigenvalue weighted by Crippen LogP contribution is 2.49. The SMILES string of the molecule is COP(=O)(/C=C/[C@H]1O[C@@H](n2cnc3c(NC(=O)c4ccccc4)ncnc32)[C@H](F)[C@@H]1OC(=O)c1ccccc1)OC. The van der Waals surface area contributed by atoms with E-state index in [1.807, 2.05) is 0 Å². The maximum absolute atomic E-state index is 16.1. The first kappa shape index (κ1) is 28.2. The van der Waals surface area contributed by atoms with Crippen molar-refractivity contribution in [3.05, 3.63) is 96.3 Å². The fourth-order valence-corrected chi connectivity index (χ4v) is 4.99. The van der Waals surface area contributed by atoms with E-state index in [-0.39, 0.29) is 22.5 Å². The predicted molar refractivity (Wildman–Crippen MR) is 145 cm³/mol. The normalized spacial score (nSPS) is 20.9. The second-order valence-corrected chi connectivity index (χ2v) is 10.9. The molecule has 0 aliphatic carbocycles. The minimum absolute atomic E-state index is 0.112. The average molecular weight is 581 g/mol. The van der Waals surface area contributed by atoms with Crippen LogP contribution >= 0.6 is 7.60 Å². The van der Waals surface area contributed by atoms with E-state index in [1.54, 1.807) is 48.5 Å².